The first-order chi connectivity index (χ1) is 15.5. The molecule has 0 spiro atoms. The molecule has 0 aliphatic carbocycles. The second-order valence-corrected chi connectivity index (χ2v) is 8.63. The number of carbonyl (C=O) groups excluding carboxylic acids is 2. The minimum absolute atomic E-state index is 0.0496. The fourth-order valence-electron chi connectivity index (χ4n) is 3.38. The predicted octanol–water partition coefficient (Wildman–Crippen LogP) is 4.41. The van der Waals surface area contributed by atoms with Crippen molar-refractivity contribution in [3.63, 3.8) is 0 Å². The van der Waals surface area contributed by atoms with Crippen LogP contribution in [0.2, 0.25) is 0 Å². The topological polar surface area (TPSA) is 97.6 Å². The second-order valence-electron chi connectivity index (χ2n) is 7.57. The molecular formula is C23H20N4O4S. The Balaban J connectivity index is 1.27. The number of nitrogens with zero attached hydrogens (tertiary/aromatic N) is 3. The Labute approximate surface area is 187 Å². The normalized spacial score (nSPS) is 13.1. The molecule has 4 aromatic rings. The number of hydrogen-bond acceptors (Lipinski definition) is 7. The number of benzene rings is 1. The Kier molecular flexibility index (Phi) is 5.32. The van der Waals surface area contributed by atoms with Crippen LogP contribution in [0.1, 0.15) is 27.4 Å². The summed E-state index contributed by atoms with van der Waals surface area (Å²) in [6, 6.07) is 12.6. The van der Waals surface area contributed by atoms with Crippen LogP contribution in [0.25, 0.3) is 10.2 Å². The van der Waals surface area contributed by atoms with Gasteiger partial charge in [-0.15, -0.1) is 11.3 Å². The summed E-state index contributed by atoms with van der Waals surface area (Å²) in [4.78, 5) is 31.6. The summed E-state index contributed by atoms with van der Waals surface area (Å²) in [6.07, 6.45) is 2.94. The van der Waals surface area contributed by atoms with Crippen molar-refractivity contribution in [1.29, 1.82) is 0 Å². The number of hydrogen-bond donors (Lipinski definition) is 1. The average Bonchev–Trinajstić information content (AvgIpc) is 3.35. The van der Waals surface area contributed by atoms with Crippen molar-refractivity contribution in [3.8, 4) is 11.5 Å². The minimum atomic E-state index is -0.180. The standard InChI is InChI=1S/C23H20N4O4S/c1-14-11-20(26-31-14)25-21(28)12-15-3-5-16(6-4-15)30-18-7-8-24-17-13-19(32-22(17)18)23(29)27-9-2-10-27/h3-8,11,13H,2,9-10,12H2,1H3,(H,25,26,28). The van der Waals surface area contributed by atoms with E-state index in [1.54, 1.807) is 25.3 Å². The molecule has 0 bridgehead atoms. The number of likely N-dealkylation sites (tertiary alicyclic amines) is 1. The van der Waals surface area contributed by atoms with Crippen molar-refractivity contribution in [2.45, 2.75) is 19.8 Å². The number of aryl methyl sites for hydroxylation is 1. The van der Waals surface area contributed by atoms with Crippen molar-refractivity contribution in [3.05, 3.63) is 64.9 Å². The van der Waals surface area contributed by atoms with E-state index in [4.69, 9.17) is 9.26 Å². The zero-order chi connectivity index (χ0) is 22.1. The Hall–Kier alpha value is -3.72. The lowest BCUT2D eigenvalue weighted by atomic mass is 10.1. The molecule has 1 fully saturated rings. The zero-order valence-corrected chi connectivity index (χ0v) is 18.1. The van der Waals surface area contributed by atoms with E-state index in [2.05, 4.69) is 15.5 Å². The molecular weight excluding hydrogens is 428 g/mol. The van der Waals surface area contributed by atoms with Crippen LogP contribution in [-0.4, -0.2) is 39.9 Å². The summed E-state index contributed by atoms with van der Waals surface area (Å²) in [5, 5.41) is 6.46. The SMILES string of the molecule is Cc1cc(NC(=O)Cc2ccc(Oc3ccnc4cc(C(=O)N5CCC5)sc34)cc2)no1. The summed E-state index contributed by atoms with van der Waals surface area (Å²) in [6.45, 7) is 3.39. The molecule has 3 aromatic heterocycles. The maximum absolute atomic E-state index is 12.5. The molecule has 0 atom stereocenters. The number of rotatable bonds is 6. The third-order valence-electron chi connectivity index (χ3n) is 5.14. The van der Waals surface area contributed by atoms with Crippen LogP contribution in [0.5, 0.6) is 11.5 Å². The smallest absolute Gasteiger partial charge is 0.264 e. The highest BCUT2D eigenvalue weighted by molar-refractivity contribution is 7.21. The average molecular weight is 449 g/mol. The molecule has 0 unspecified atom stereocenters. The van der Waals surface area contributed by atoms with E-state index >= 15 is 0 Å². The number of nitrogens with one attached hydrogen (secondary N) is 1. The lowest BCUT2D eigenvalue weighted by molar-refractivity contribution is -0.115. The van der Waals surface area contributed by atoms with Gasteiger partial charge in [-0.25, -0.2) is 0 Å². The van der Waals surface area contributed by atoms with Crippen molar-refractivity contribution in [2.24, 2.45) is 0 Å². The maximum atomic E-state index is 12.5. The van der Waals surface area contributed by atoms with E-state index in [0.717, 1.165) is 35.3 Å². The van der Waals surface area contributed by atoms with Gasteiger partial charge in [-0.1, -0.05) is 17.3 Å². The fourth-order valence-corrected chi connectivity index (χ4v) is 4.41. The molecule has 1 aliphatic rings. The van der Waals surface area contributed by atoms with Gasteiger partial charge in [0.2, 0.25) is 5.91 Å². The number of carbonyl (C=O) groups is 2. The Morgan fingerprint density at radius 1 is 1.19 bits per heavy atom. The number of ether oxygens (including phenoxy) is 1. The van der Waals surface area contributed by atoms with Gasteiger partial charge in [-0.3, -0.25) is 14.6 Å². The number of anilines is 1. The molecule has 1 saturated heterocycles. The van der Waals surface area contributed by atoms with Crippen LogP contribution in [0.15, 0.2) is 53.2 Å². The van der Waals surface area contributed by atoms with Crippen LogP contribution in [-0.2, 0) is 11.2 Å². The van der Waals surface area contributed by atoms with Crippen LogP contribution in [0.3, 0.4) is 0 Å². The highest BCUT2D eigenvalue weighted by Gasteiger charge is 2.24. The van der Waals surface area contributed by atoms with Crippen LogP contribution < -0.4 is 10.1 Å². The van der Waals surface area contributed by atoms with Gasteiger partial charge in [0.1, 0.15) is 17.3 Å². The molecule has 2 amide bonds. The predicted molar refractivity (Wildman–Crippen MR) is 120 cm³/mol. The Bertz CT molecular complexity index is 1290. The molecule has 1 aromatic carbocycles. The van der Waals surface area contributed by atoms with Crippen molar-refractivity contribution >= 4 is 39.2 Å². The molecule has 5 rings (SSSR count). The molecule has 162 valence electrons. The van der Waals surface area contributed by atoms with Gasteiger partial charge in [-0.2, -0.15) is 0 Å². The van der Waals surface area contributed by atoms with E-state index in [0.29, 0.717) is 28.0 Å². The summed E-state index contributed by atoms with van der Waals surface area (Å²) in [5.74, 6) is 2.19. The second kappa shape index (κ2) is 8.43. The highest BCUT2D eigenvalue weighted by Crippen LogP contribution is 2.35. The Morgan fingerprint density at radius 2 is 2.00 bits per heavy atom. The van der Waals surface area contributed by atoms with E-state index in [-0.39, 0.29) is 18.2 Å². The summed E-state index contributed by atoms with van der Waals surface area (Å²) < 4.78 is 11.8. The third-order valence-corrected chi connectivity index (χ3v) is 6.27. The van der Waals surface area contributed by atoms with Crippen molar-refractivity contribution in [1.82, 2.24) is 15.0 Å². The molecule has 9 heteroatoms. The van der Waals surface area contributed by atoms with Crippen LogP contribution in [0.4, 0.5) is 5.82 Å². The fraction of sp³-hybridized carbons (Fsp3) is 0.217. The molecule has 1 N–H and O–H groups in total. The van der Waals surface area contributed by atoms with Crippen molar-refractivity contribution < 1.29 is 18.8 Å². The largest absolute Gasteiger partial charge is 0.456 e. The van der Waals surface area contributed by atoms with E-state index in [9.17, 15) is 9.59 Å². The molecule has 8 nitrogen and oxygen atoms in total. The van der Waals surface area contributed by atoms with Crippen LogP contribution >= 0.6 is 11.3 Å². The Morgan fingerprint density at radius 3 is 2.69 bits per heavy atom. The van der Waals surface area contributed by atoms with Gasteiger partial charge in [-0.05, 0) is 37.1 Å². The zero-order valence-electron chi connectivity index (χ0n) is 17.3. The quantitative estimate of drug-likeness (QED) is 0.469. The maximum Gasteiger partial charge on any atom is 0.264 e. The van der Waals surface area contributed by atoms with Gasteiger partial charge in [0.15, 0.2) is 5.82 Å². The van der Waals surface area contributed by atoms with Gasteiger partial charge in [0.25, 0.3) is 5.91 Å². The summed E-state index contributed by atoms with van der Waals surface area (Å²) >= 11 is 1.40. The molecule has 0 saturated carbocycles. The number of pyridine rings is 1. The first kappa shape index (κ1) is 20.2. The van der Waals surface area contributed by atoms with Gasteiger partial charge >= 0.3 is 0 Å². The third kappa shape index (κ3) is 4.19. The molecule has 0 radical (unpaired) electrons. The number of amides is 2. The van der Waals surface area contributed by atoms with Crippen LogP contribution in [0, 0.1) is 6.92 Å². The van der Waals surface area contributed by atoms with E-state index < -0.39 is 0 Å². The highest BCUT2D eigenvalue weighted by atomic mass is 32.1. The van der Waals surface area contributed by atoms with Gasteiger partial charge in [0, 0.05) is 31.4 Å². The number of aromatic nitrogens is 2. The van der Waals surface area contributed by atoms with Gasteiger partial charge in [0.05, 0.1) is 21.5 Å². The van der Waals surface area contributed by atoms with Crippen molar-refractivity contribution in [2.75, 3.05) is 18.4 Å². The lowest BCUT2D eigenvalue weighted by Crippen LogP contribution is -2.41. The molecule has 1 aliphatic heterocycles. The molecule has 32 heavy (non-hydrogen) atoms. The van der Waals surface area contributed by atoms with E-state index in [1.165, 1.54) is 11.3 Å². The minimum Gasteiger partial charge on any atom is -0.456 e. The monoisotopic (exact) mass is 448 g/mol. The lowest BCUT2D eigenvalue weighted by Gasteiger charge is -2.30. The summed E-state index contributed by atoms with van der Waals surface area (Å²) in [5.41, 5.74) is 1.58. The van der Waals surface area contributed by atoms with Gasteiger partial charge < -0.3 is 19.5 Å². The summed E-state index contributed by atoms with van der Waals surface area (Å²) in [7, 11) is 0. The molecule has 4 heterocycles. The number of thiophene rings is 1. The first-order valence-electron chi connectivity index (χ1n) is 10.2. The first-order valence-corrected chi connectivity index (χ1v) is 11.0. The van der Waals surface area contributed by atoms with E-state index in [1.807, 2.05) is 35.2 Å². The number of fused-ring (bicyclic) bond motifs is 1.